The van der Waals surface area contributed by atoms with Gasteiger partial charge in [-0.3, -0.25) is 9.58 Å². The summed E-state index contributed by atoms with van der Waals surface area (Å²) in [7, 11) is 1.91. The molecule has 0 saturated heterocycles. The zero-order valence-corrected chi connectivity index (χ0v) is 14.7. The second kappa shape index (κ2) is 6.19. The lowest BCUT2D eigenvalue weighted by atomic mass is 10.1. The first-order chi connectivity index (χ1) is 11.3. The molecule has 0 aliphatic carbocycles. The Balaban J connectivity index is 1.62. The van der Waals surface area contributed by atoms with Crippen LogP contribution in [0.4, 0.5) is 10.5 Å². The highest BCUT2D eigenvalue weighted by atomic mass is 16.6. The lowest BCUT2D eigenvalue weighted by molar-refractivity contribution is 0.0242. The number of aryl methyl sites for hydroxylation is 1. The molecule has 1 amide bonds. The van der Waals surface area contributed by atoms with E-state index < -0.39 is 5.60 Å². The molecular weight excluding hydrogens is 304 g/mol. The average molecular weight is 328 g/mol. The fraction of sp³-hybridized carbons (Fsp3) is 0.444. The third-order valence-electron chi connectivity index (χ3n) is 3.84. The smallest absolute Gasteiger partial charge is 0.410 e. The molecule has 128 valence electrons. The van der Waals surface area contributed by atoms with E-state index in [1.165, 1.54) is 5.56 Å². The van der Waals surface area contributed by atoms with Gasteiger partial charge in [-0.15, -0.1) is 0 Å². The van der Waals surface area contributed by atoms with Gasteiger partial charge in [0.2, 0.25) is 0 Å². The number of aromatic nitrogens is 2. The predicted molar refractivity (Wildman–Crippen MR) is 92.5 cm³/mol. The number of anilines is 1. The molecule has 3 rings (SSSR count). The first-order valence-corrected chi connectivity index (χ1v) is 8.11. The Morgan fingerprint density at radius 3 is 2.71 bits per heavy atom. The molecule has 1 N–H and O–H groups in total. The molecule has 1 aromatic carbocycles. The molecule has 0 fully saturated rings. The number of amides is 1. The van der Waals surface area contributed by atoms with Gasteiger partial charge in [0.15, 0.2) is 0 Å². The van der Waals surface area contributed by atoms with Crippen molar-refractivity contribution in [1.82, 2.24) is 14.7 Å². The summed E-state index contributed by atoms with van der Waals surface area (Å²) in [5.41, 5.74) is 4.05. The average Bonchev–Trinajstić information content (AvgIpc) is 3.08. The molecule has 2 heterocycles. The lowest BCUT2D eigenvalue weighted by Crippen LogP contribution is -2.33. The Kier molecular flexibility index (Phi) is 4.22. The van der Waals surface area contributed by atoms with Crippen molar-refractivity contribution in [2.24, 2.45) is 7.05 Å². The van der Waals surface area contributed by atoms with Crippen molar-refractivity contribution in [2.45, 2.75) is 46.0 Å². The van der Waals surface area contributed by atoms with E-state index in [-0.39, 0.29) is 6.09 Å². The minimum Gasteiger partial charge on any atom is -0.444 e. The van der Waals surface area contributed by atoms with Crippen LogP contribution in [0.3, 0.4) is 0 Å². The summed E-state index contributed by atoms with van der Waals surface area (Å²) in [5.74, 6) is 0. The Bertz CT molecular complexity index is 746. The monoisotopic (exact) mass is 328 g/mol. The van der Waals surface area contributed by atoms with Crippen LogP contribution in [-0.2, 0) is 31.4 Å². The molecule has 1 aliphatic heterocycles. The molecule has 0 saturated carbocycles. The van der Waals surface area contributed by atoms with Crippen LogP contribution < -0.4 is 5.32 Å². The molecule has 6 heteroatoms. The highest BCUT2D eigenvalue weighted by molar-refractivity contribution is 5.69. The predicted octanol–water partition coefficient (Wildman–Crippen LogP) is 3.28. The minimum atomic E-state index is -0.470. The summed E-state index contributed by atoms with van der Waals surface area (Å²) in [6, 6.07) is 6.23. The van der Waals surface area contributed by atoms with Gasteiger partial charge >= 0.3 is 6.09 Å². The summed E-state index contributed by atoms with van der Waals surface area (Å²) in [6.07, 6.45) is 3.58. The van der Waals surface area contributed by atoms with Gasteiger partial charge in [0.25, 0.3) is 0 Å². The largest absolute Gasteiger partial charge is 0.444 e. The van der Waals surface area contributed by atoms with Gasteiger partial charge in [-0.05, 0) is 44.0 Å². The van der Waals surface area contributed by atoms with E-state index in [9.17, 15) is 4.79 Å². The van der Waals surface area contributed by atoms with Crippen molar-refractivity contribution in [3.8, 4) is 0 Å². The summed E-state index contributed by atoms with van der Waals surface area (Å²) in [6.45, 7) is 7.57. The van der Waals surface area contributed by atoms with Gasteiger partial charge in [-0.25, -0.2) is 4.79 Å². The first kappa shape index (κ1) is 16.4. The van der Waals surface area contributed by atoms with E-state index in [1.54, 1.807) is 9.58 Å². The van der Waals surface area contributed by atoms with Crippen LogP contribution in [0.25, 0.3) is 0 Å². The molecule has 1 aliphatic rings. The van der Waals surface area contributed by atoms with Crippen LogP contribution in [0.1, 0.15) is 37.5 Å². The highest BCUT2D eigenvalue weighted by Crippen LogP contribution is 2.27. The topological polar surface area (TPSA) is 59.4 Å². The van der Waals surface area contributed by atoms with E-state index in [2.05, 4.69) is 22.5 Å². The Morgan fingerprint density at radius 1 is 1.29 bits per heavy atom. The number of ether oxygens (including phenoxy) is 1. The maximum absolute atomic E-state index is 12.2. The summed E-state index contributed by atoms with van der Waals surface area (Å²) in [4.78, 5) is 13.9. The molecule has 0 atom stereocenters. The number of hydrogen-bond acceptors (Lipinski definition) is 4. The molecule has 0 spiro atoms. The number of rotatable bonds is 3. The quantitative estimate of drug-likeness (QED) is 0.939. The van der Waals surface area contributed by atoms with E-state index in [1.807, 2.05) is 46.3 Å². The minimum absolute atomic E-state index is 0.261. The third-order valence-corrected chi connectivity index (χ3v) is 3.84. The number of carbonyl (C=O) groups is 1. The number of carbonyl (C=O) groups excluding carboxylic acids is 1. The zero-order chi connectivity index (χ0) is 17.3. The number of hydrogen-bond donors (Lipinski definition) is 1. The van der Waals surface area contributed by atoms with Crippen molar-refractivity contribution < 1.29 is 9.53 Å². The molecule has 2 aromatic rings. The van der Waals surface area contributed by atoms with Crippen LogP contribution >= 0.6 is 0 Å². The maximum atomic E-state index is 12.2. The van der Waals surface area contributed by atoms with Gasteiger partial charge in [0.1, 0.15) is 5.60 Å². The van der Waals surface area contributed by atoms with Crippen molar-refractivity contribution >= 4 is 11.8 Å². The molecular formula is C18H24N4O2. The second-order valence-corrected chi connectivity index (χ2v) is 7.20. The van der Waals surface area contributed by atoms with Gasteiger partial charge < -0.3 is 10.1 Å². The molecule has 24 heavy (non-hydrogen) atoms. The molecule has 1 aromatic heterocycles. The van der Waals surface area contributed by atoms with Crippen molar-refractivity contribution in [1.29, 1.82) is 0 Å². The molecule has 6 nitrogen and oxygen atoms in total. The van der Waals surface area contributed by atoms with Crippen LogP contribution in [0.15, 0.2) is 30.6 Å². The van der Waals surface area contributed by atoms with Crippen LogP contribution in [0.5, 0.6) is 0 Å². The normalized spacial score (nSPS) is 13.8. The van der Waals surface area contributed by atoms with Crippen LogP contribution in [0.2, 0.25) is 0 Å². The van der Waals surface area contributed by atoms with Crippen molar-refractivity contribution in [2.75, 3.05) is 5.32 Å². The summed E-state index contributed by atoms with van der Waals surface area (Å²) < 4.78 is 7.24. The van der Waals surface area contributed by atoms with Gasteiger partial charge in [-0.1, -0.05) is 6.07 Å². The lowest BCUT2D eigenvalue weighted by Gasteiger charge is -2.24. The number of fused-ring (bicyclic) bond motifs is 1. The second-order valence-electron chi connectivity index (χ2n) is 7.20. The van der Waals surface area contributed by atoms with Gasteiger partial charge in [0, 0.05) is 44.1 Å². The highest BCUT2D eigenvalue weighted by Gasteiger charge is 2.27. The molecule has 0 radical (unpaired) electrons. The van der Waals surface area contributed by atoms with E-state index in [4.69, 9.17) is 4.74 Å². The van der Waals surface area contributed by atoms with Crippen molar-refractivity contribution in [3.05, 3.63) is 47.3 Å². The molecule has 0 bridgehead atoms. The number of nitrogens with zero attached hydrogens (tertiary/aromatic N) is 3. The van der Waals surface area contributed by atoms with Crippen LogP contribution in [-0.4, -0.2) is 26.4 Å². The maximum Gasteiger partial charge on any atom is 0.410 e. The first-order valence-electron chi connectivity index (χ1n) is 8.11. The zero-order valence-electron chi connectivity index (χ0n) is 14.7. The Hall–Kier alpha value is -2.50. The Labute approximate surface area is 142 Å². The molecule has 0 unspecified atom stereocenters. The standard InChI is InChI=1S/C18H24N4O2/c1-18(2,3)24-17(23)22-11-14-5-6-16(7-15(14)12-22)19-8-13-9-20-21(4)10-13/h5-7,9-10,19H,8,11-12H2,1-4H3. The SMILES string of the molecule is Cn1cc(CNc2ccc3c(c2)CN(C(=O)OC(C)(C)C)C3)cn1. The number of benzene rings is 1. The van der Waals surface area contributed by atoms with Gasteiger partial charge in [-0.2, -0.15) is 5.10 Å². The van der Waals surface area contributed by atoms with E-state index in [0.29, 0.717) is 13.1 Å². The number of nitrogens with one attached hydrogen (secondary N) is 1. The fourth-order valence-electron chi connectivity index (χ4n) is 2.73. The third kappa shape index (κ3) is 3.88. The van der Waals surface area contributed by atoms with E-state index in [0.717, 1.165) is 23.4 Å². The van der Waals surface area contributed by atoms with Crippen LogP contribution in [0, 0.1) is 0 Å². The fourth-order valence-corrected chi connectivity index (χ4v) is 2.73. The van der Waals surface area contributed by atoms with Gasteiger partial charge in [0.05, 0.1) is 6.20 Å². The summed E-state index contributed by atoms with van der Waals surface area (Å²) >= 11 is 0. The van der Waals surface area contributed by atoms with Crippen molar-refractivity contribution in [3.63, 3.8) is 0 Å². The summed E-state index contributed by atoms with van der Waals surface area (Å²) in [5, 5.41) is 7.56. The Morgan fingerprint density at radius 2 is 2.04 bits per heavy atom. The van der Waals surface area contributed by atoms with E-state index >= 15 is 0 Å².